The van der Waals surface area contributed by atoms with Gasteiger partial charge in [0.1, 0.15) is 5.75 Å². The van der Waals surface area contributed by atoms with Crippen molar-refractivity contribution in [3.05, 3.63) is 35.5 Å². The average molecular weight is 302 g/mol. The Bertz CT molecular complexity index is 589. The lowest BCUT2D eigenvalue weighted by atomic mass is 9.75. The van der Waals surface area contributed by atoms with Crippen molar-refractivity contribution in [2.24, 2.45) is 5.41 Å². The number of rotatable bonds is 5. The van der Waals surface area contributed by atoms with Gasteiger partial charge in [-0.25, -0.2) is 0 Å². The van der Waals surface area contributed by atoms with E-state index in [4.69, 9.17) is 4.74 Å². The highest BCUT2D eigenvalue weighted by molar-refractivity contribution is 5.98. The zero-order valence-corrected chi connectivity index (χ0v) is 14.2. The summed E-state index contributed by atoms with van der Waals surface area (Å²) < 4.78 is 5.27. The van der Waals surface area contributed by atoms with E-state index in [0.29, 0.717) is 13.0 Å². The summed E-state index contributed by atoms with van der Waals surface area (Å²) in [5.74, 6) is 1.05. The van der Waals surface area contributed by atoms with Crippen LogP contribution < -0.4 is 10.1 Å². The molecule has 0 bridgehead atoms. The van der Waals surface area contributed by atoms with Crippen LogP contribution in [0.3, 0.4) is 0 Å². The third-order valence-corrected chi connectivity index (χ3v) is 3.83. The van der Waals surface area contributed by atoms with Crippen LogP contribution in [0.1, 0.15) is 26.7 Å². The van der Waals surface area contributed by atoms with Crippen molar-refractivity contribution >= 4 is 11.5 Å². The average Bonchev–Trinajstić information content (AvgIpc) is 2.42. The maximum atomic E-state index is 12.5. The Labute approximate surface area is 133 Å². The number of nitrogens with zero attached hydrogens (tertiary/aromatic N) is 1. The molecule has 22 heavy (non-hydrogen) atoms. The zero-order chi connectivity index (χ0) is 16.3. The SMILES string of the molecule is COc1cccc(NC2=C(CN(C)C)C(=O)CC(C)(C)C2)c1. The zero-order valence-electron chi connectivity index (χ0n) is 14.2. The van der Waals surface area contributed by atoms with E-state index >= 15 is 0 Å². The molecule has 0 fully saturated rings. The molecular formula is C18H26N2O2. The normalized spacial score (nSPS) is 17.8. The van der Waals surface area contributed by atoms with E-state index in [1.54, 1.807) is 7.11 Å². The number of benzene rings is 1. The number of methoxy groups -OCH3 is 1. The van der Waals surface area contributed by atoms with Crippen molar-refractivity contribution in [1.29, 1.82) is 0 Å². The van der Waals surface area contributed by atoms with E-state index in [1.807, 2.05) is 43.3 Å². The number of Topliss-reactive ketones (excluding diaryl/α,β-unsaturated/α-hetero) is 1. The molecule has 2 rings (SSSR count). The third kappa shape index (κ3) is 4.10. The van der Waals surface area contributed by atoms with Gasteiger partial charge in [-0.05, 0) is 38.1 Å². The molecule has 1 aliphatic rings. The predicted molar refractivity (Wildman–Crippen MR) is 90.2 cm³/mol. The second-order valence-electron chi connectivity index (χ2n) is 6.99. The lowest BCUT2D eigenvalue weighted by Gasteiger charge is -2.33. The molecule has 0 amide bonds. The van der Waals surface area contributed by atoms with Crippen LogP contribution in [0.4, 0.5) is 5.69 Å². The van der Waals surface area contributed by atoms with Gasteiger partial charge in [0.15, 0.2) is 5.78 Å². The molecule has 0 atom stereocenters. The van der Waals surface area contributed by atoms with Crippen LogP contribution in [0.5, 0.6) is 5.75 Å². The highest BCUT2D eigenvalue weighted by Crippen LogP contribution is 2.37. The van der Waals surface area contributed by atoms with Gasteiger partial charge in [0.05, 0.1) is 7.11 Å². The van der Waals surface area contributed by atoms with Gasteiger partial charge >= 0.3 is 0 Å². The number of nitrogens with one attached hydrogen (secondary N) is 1. The predicted octanol–water partition coefficient (Wildman–Crippen LogP) is 3.31. The molecule has 1 N–H and O–H groups in total. The number of carbonyl (C=O) groups excluding carboxylic acids is 1. The van der Waals surface area contributed by atoms with Crippen molar-refractivity contribution < 1.29 is 9.53 Å². The van der Waals surface area contributed by atoms with Gasteiger partial charge < -0.3 is 15.0 Å². The molecule has 0 saturated carbocycles. The molecule has 0 aliphatic heterocycles. The van der Waals surface area contributed by atoms with Crippen molar-refractivity contribution in [2.45, 2.75) is 26.7 Å². The van der Waals surface area contributed by atoms with Crippen LogP contribution in [0.15, 0.2) is 35.5 Å². The minimum absolute atomic E-state index is 0.00586. The van der Waals surface area contributed by atoms with Gasteiger partial charge in [0.25, 0.3) is 0 Å². The highest BCUT2D eigenvalue weighted by atomic mass is 16.5. The molecule has 4 nitrogen and oxygen atoms in total. The van der Waals surface area contributed by atoms with E-state index in [0.717, 1.165) is 29.1 Å². The first-order valence-corrected chi connectivity index (χ1v) is 7.62. The van der Waals surface area contributed by atoms with Crippen LogP contribution in [0.2, 0.25) is 0 Å². The second-order valence-corrected chi connectivity index (χ2v) is 6.99. The summed E-state index contributed by atoms with van der Waals surface area (Å²) in [7, 11) is 5.63. The molecule has 0 heterocycles. The molecule has 1 aromatic rings. The molecule has 1 aliphatic carbocycles. The number of allylic oxidation sites excluding steroid dienone is 1. The van der Waals surface area contributed by atoms with Crippen molar-refractivity contribution in [1.82, 2.24) is 4.90 Å². The van der Waals surface area contributed by atoms with Gasteiger partial charge in [0, 0.05) is 36.0 Å². The number of hydrogen-bond donors (Lipinski definition) is 1. The molecule has 0 aromatic heterocycles. The van der Waals surface area contributed by atoms with Crippen LogP contribution in [0, 0.1) is 5.41 Å². The van der Waals surface area contributed by atoms with Gasteiger partial charge in [-0.1, -0.05) is 19.9 Å². The van der Waals surface area contributed by atoms with Crippen LogP contribution in [-0.2, 0) is 4.79 Å². The number of ketones is 1. The number of ether oxygens (including phenoxy) is 1. The molecule has 0 saturated heterocycles. The van der Waals surface area contributed by atoms with E-state index in [9.17, 15) is 4.79 Å². The number of hydrogen-bond acceptors (Lipinski definition) is 4. The minimum Gasteiger partial charge on any atom is -0.497 e. The fraction of sp³-hybridized carbons (Fsp3) is 0.500. The standard InChI is InChI=1S/C18H26N2O2/c1-18(2)10-16(15(12-20(3)4)17(21)11-18)19-13-7-6-8-14(9-13)22-5/h6-9,19H,10-12H2,1-5H3. The Morgan fingerprint density at radius 1 is 1.27 bits per heavy atom. The summed E-state index contributed by atoms with van der Waals surface area (Å²) in [5.41, 5.74) is 2.88. The molecule has 0 unspecified atom stereocenters. The Hall–Kier alpha value is -1.81. The molecule has 4 heteroatoms. The van der Waals surface area contributed by atoms with Gasteiger partial charge in [-0.2, -0.15) is 0 Å². The largest absolute Gasteiger partial charge is 0.497 e. The second kappa shape index (κ2) is 6.53. The highest BCUT2D eigenvalue weighted by Gasteiger charge is 2.33. The van der Waals surface area contributed by atoms with E-state index in [2.05, 4.69) is 19.2 Å². The lowest BCUT2D eigenvalue weighted by Crippen LogP contribution is -2.32. The number of likely N-dealkylation sites (N-methyl/N-ethyl adjacent to an activating group) is 1. The Morgan fingerprint density at radius 2 is 2.00 bits per heavy atom. The van der Waals surface area contributed by atoms with Crippen LogP contribution in [-0.4, -0.2) is 38.4 Å². The summed E-state index contributed by atoms with van der Waals surface area (Å²) in [6.07, 6.45) is 1.48. The summed E-state index contributed by atoms with van der Waals surface area (Å²) in [5, 5.41) is 3.45. The molecular weight excluding hydrogens is 276 g/mol. The Morgan fingerprint density at radius 3 is 2.64 bits per heavy atom. The Balaban J connectivity index is 2.34. The van der Waals surface area contributed by atoms with E-state index < -0.39 is 0 Å². The van der Waals surface area contributed by atoms with Gasteiger partial charge in [-0.3, -0.25) is 4.79 Å². The van der Waals surface area contributed by atoms with Crippen LogP contribution in [0.25, 0.3) is 0 Å². The minimum atomic E-state index is -0.00586. The van der Waals surface area contributed by atoms with Crippen molar-refractivity contribution in [3.8, 4) is 5.75 Å². The van der Waals surface area contributed by atoms with Crippen molar-refractivity contribution in [3.63, 3.8) is 0 Å². The van der Waals surface area contributed by atoms with Crippen molar-refractivity contribution in [2.75, 3.05) is 33.1 Å². The smallest absolute Gasteiger partial charge is 0.162 e. The lowest BCUT2D eigenvalue weighted by molar-refractivity contribution is -0.118. The molecule has 0 spiro atoms. The van der Waals surface area contributed by atoms with E-state index in [-0.39, 0.29) is 11.2 Å². The third-order valence-electron chi connectivity index (χ3n) is 3.83. The summed E-state index contributed by atoms with van der Waals surface area (Å²) in [4.78, 5) is 14.6. The quantitative estimate of drug-likeness (QED) is 0.906. The van der Waals surface area contributed by atoms with Gasteiger partial charge in [-0.15, -0.1) is 0 Å². The first kappa shape index (κ1) is 16.6. The number of carbonyl (C=O) groups is 1. The molecule has 1 aromatic carbocycles. The maximum Gasteiger partial charge on any atom is 0.162 e. The number of anilines is 1. The fourth-order valence-electron chi connectivity index (χ4n) is 2.85. The maximum absolute atomic E-state index is 12.5. The summed E-state index contributed by atoms with van der Waals surface area (Å²) in [6.45, 7) is 4.95. The first-order chi connectivity index (χ1) is 10.3. The van der Waals surface area contributed by atoms with E-state index in [1.165, 1.54) is 0 Å². The fourth-order valence-corrected chi connectivity index (χ4v) is 2.85. The Kier molecular flexibility index (Phi) is 4.91. The van der Waals surface area contributed by atoms with Gasteiger partial charge in [0.2, 0.25) is 0 Å². The monoisotopic (exact) mass is 302 g/mol. The molecule has 0 radical (unpaired) electrons. The topological polar surface area (TPSA) is 41.6 Å². The summed E-state index contributed by atoms with van der Waals surface area (Å²) >= 11 is 0. The molecule has 120 valence electrons. The summed E-state index contributed by atoms with van der Waals surface area (Å²) in [6, 6.07) is 7.81. The first-order valence-electron chi connectivity index (χ1n) is 7.62. The van der Waals surface area contributed by atoms with Crippen LogP contribution >= 0.6 is 0 Å².